The number of nitrogens with zero attached hydrogens (tertiary/aromatic N) is 1. The van der Waals surface area contributed by atoms with Crippen LogP contribution in [0.15, 0.2) is 30.7 Å². The maximum atomic E-state index is 10.9. The molecule has 1 heterocycles. The Hall–Kier alpha value is -1.97. The third kappa shape index (κ3) is 1.62. The Kier molecular flexibility index (Phi) is 2.56. The Balaban J connectivity index is 2.41. The lowest BCUT2D eigenvalue weighted by Crippen LogP contribution is -2.20. The highest BCUT2D eigenvalue weighted by molar-refractivity contribution is 5.90. The molecule has 4 nitrogen and oxygen atoms in total. The Morgan fingerprint density at radius 1 is 1.56 bits per heavy atom. The van der Waals surface area contributed by atoms with E-state index in [1.807, 2.05) is 11.8 Å². The third-order valence-electron chi connectivity index (χ3n) is 2.47. The van der Waals surface area contributed by atoms with Gasteiger partial charge in [-0.1, -0.05) is 6.92 Å². The van der Waals surface area contributed by atoms with E-state index in [0.29, 0.717) is 11.6 Å². The van der Waals surface area contributed by atoms with Crippen LogP contribution in [-0.2, 0) is 0 Å². The summed E-state index contributed by atoms with van der Waals surface area (Å²) in [4.78, 5) is 12.8. The summed E-state index contributed by atoms with van der Waals surface area (Å²) < 4.78 is 5.45. The number of hydrogen-bond acceptors (Lipinski definition) is 3. The molecule has 0 bridgehead atoms. The first-order chi connectivity index (χ1) is 7.63. The minimum absolute atomic E-state index is 0.262. The van der Waals surface area contributed by atoms with Crippen molar-refractivity contribution in [1.82, 2.24) is 0 Å². The fourth-order valence-corrected chi connectivity index (χ4v) is 1.73. The molecule has 16 heavy (non-hydrogen) atoms. The maximum Gasteiger partial charge on any atom is 0.335 e. The van der Waals surface area contributed by atoms with Gasteiger partial charge >= 0.3 is 5.97 Å². The predicted octanol–water partition coefficient (Wildman–Crippen LogP) is 2.46. The van der Waals surface area contributed by atoms with Crippen molar-refractivity contribution in [2.45, 2.75) is 13.3 Å². The monoisotopic (exact) mass is 219 g/mol. The quantitative estimate of drug-likeness (QED) is 0.848. The second-order valence-corrected chi connectivity index (χ2v) is 3.64. The number of benzene rings is 1. The summed E-state index contributed by atoms with van der Waals surface area (Å²) in [5.74, 6) is 0.291. The second kappa shape index (κ2) is 3.89. The second-order valence-electron chi connectivity index (χ2n) is 3.64. The highest BCUT2D eigenvalue weighted by atomic mass is 16.5. The highest BCUT2D eigenvalue weighted by Gasteiger charge is 2.25. The van der Waals surface area contributed by atoms with Gasteiger partial charge in [0.1, 0.15) is 0 Å². The lowest BCUT2D eigenvalue weighted by Gasteiger charge is -2.16. The molecule has 0 spiro atoms. The van der Waals surface area contributed by atoms with E-state index in [2.05, 4.69) is 6.58 Å². The first-order valence-corrected chi connectivity index (χ1v) is 5.15. The molecule has 0 aliphatic carbocycles. The minimum atomic E-state index is -0.934. The van der Waals surface area contributed by atoms with E-state index in [1.165, 1.54) is 6.07 Å². The topological polar surface area (TPSA) is 49.8 Å². The highest BCUT2D eigenvalue weighted by Crippen LogP contribution is 2.38. The van der Waals surface area contributed by atoms with Gasteiger partial charge in [-0.15, -0.1) is 0 Å². The fourth-order valence-electron chi connectivity index (χ4n) is 1.73. The zero-order valence-corrected chi connectivity index (χ0v) is 9.06. The summed E-state index contributed by atoms with van der Waals surface area (Å²) in [5, 5.41) is 8.92. The summed E-state index contributed by atoms with van der Waals surface area (Å²) in [6, 6.07) is 4.81. The standard InChI is InChI=1S/C12H13NO3/c1-3-6-13-8(2)16-11-5-4-9(12(14)15)7-10(11)13/h4-5,7H,2-3,6H2,1H3,(H,14,15). The molecule has 1 aliphatic rings. The van der Waals surface area contributed by atoms with E-state index < -0.39 is 5.97 Å². The lowest BCUT2D eigenvalue weighted by molar-refractivity contribution is 0.0697. The van der Waals surface area contributed by atoms with E-state index >= 15 is 0 Å². The number of aromatic carboxylic acids is 1. The van der Waals surface area contributed by atoms with E-state index in [1.54, 1.807) is 12.1 Å². The molecule has 0 radical (unpaired) electrons. The van der Waals surface area contributed by atoms with E-state index in [-0.39, 0.29) is 5.56 Å². The number of carboxylic acids is 1. The van der Waals surface area contributed by atoms with Crippen molar-refractivity contribution < 1.29 is 14.6 Å². The number of hydrogen-bond donors (Lipinski definition) is 1. The van der Waals surface area contributed by atoms with Crippen LogP contribution >= 0.6 is 0 Å². The number of anilines is 1. The van der Waals surface area contributed by atoms with Crippen molar-refractivity contribution in [3.05, 3.63) is 36.2 Å². The number of carbonyl (C=O) groups is 1. The molecule has 4 heteroatoms. The molecule has 0 unspecified atom stereocenters. The van der Waals surface area contributed by atoms with Gasteiger partial charge in [-0.2, -0.15) is 0 Å². The van der Waals surface area contributed by atoms with Gasteiger partial charge in [-0.05, 0) is 31.2 Å². The number of ether oxygens (including phenoxy) is 1. The largest absolute Gasteiger partial charge is 0.478 e. The van der Waals surface area contributed by atoms with Crippen molar-refractivity contribution in [3.8, 4) is 5.75 Å². The molecule has 0 aromatic heterocycles. The van der Waals surface area contributed by atoms with Crippen LogP contribution in [0.2, 0.25) is 0 Å². The van der Waals surface area contributed by atoms with Gasteiger partial charge in [0, 0.05) is 6.54 Å². The first kappa shape index (κ1) is 10.5. The van der Waals surface area contributed by atoms with Gasteiger partial charge in [0.25, 0.3) is 0 Å². The van der Waals surface area contributed by atoms with Gasteiger partial charge in [0.2, 0.25) is 0 Å². The molecule has 0 amide bonds. The average molecular weight is 219 g/mol. The summed E-state index contributed by atoms with van der Waals surface area (Å²) in [6.45, 7) is 6.62. The molecule has 0 atom stereocenters. The molecule has 2 rings (SSSR count). The normalized spacial score (nSPS) is 13.6. The molecule has 84 valence electrons. The summed E-state index contributed by atoms with van der Waals surface area (Å²) >= 11 is 0. The van der Waals surface area contributed by atoms with Gasteiger partial charge in [0.05, 0.1) is 11.3 Å². The Morgan fingerprint density at radius 2 is 2.31 bits per heavy atom. The fraction of sp³-hybridized carbons (Fsp3) is 0.250. The summed E-state index contributed by atoms with van der Waals surface area (Å²) in [7, 11) is 0. The molecule has 1 aliphatic heterocycles. The van der Waals surface area contributed by atoms with Crippen LogP contribution in [0.3, 0.4) is 0 Å². The molecule has 1 aromatic rings. The van der Waals surface area contributed by atoms with Crippen LogP contribution < -0.4 is 9.64 Å². The maximum absolute atomic E-state index is 10.9. The Bertz CT molecular complexity index is 454. The van der Waals surface area contributed by atoms with Crippen LogP contribution in [0.25, 0.3) is 0 Å². The van der Waals surface area contributed by atoms with Gasteiger partial charge in [-0.3, -0.25) is 0 Å². The van der Waals surface area contributed by atoms with Gasteiger partial charge in [0.15, 0.2) is 11.6 Å². The van der Waals surface area contributed by atoms with Crippen molar-refractivity contribution in [1.29, 1.82) is 0 Å². The van der Waals surface area contributed by atoms with Gasteiger partial charge in [-0.25, -0.2) is 4.79 Å². The molecular formula is C12H13NO3. The van der Waals surface area contributed by atoms with E-state index in [4.69, 9.17) is 9.84 Å². The Morgan fingerprint density at radius 3 is 2.94 bits per heavy atom. The molecule has 0 fully saturated rings. The number of carboxylic acid groups (broad SMARTS) is 1. The molecular weight excluding hydrogens is 206 g/mol. The SMILES string of the molecule is C=C1Oc2ccc(C(=O)O)cc2N1CCC. The predicted molar refractivity (Wildman–Crippen MR) is 60.8 cm³/mol. The van der Waals surface area contributed by atoms with Crippen LogP contribution in [-0.4, -0.2) is 17.6 Å². The van der Waals surface area contributed by atoms with Crippen molar-refractivity contribution in [2.24, 2.45) is 0 Å². The van der Waals surface area contributed by atoms with Gasteiger partial charge < -0.3 is 14.7 Å². The van der Waals surface area contributed by atoms with Crippen molar-refractivity contribution >= 4 is 11.7 Å². The lowest BCUT2D eigenvalue weighted by atomic mass is 10.2. The number of rotatable bonds is 3. The summed E-state index contributed by atoms with van der Waals surface area (Å²) in [6.07, 6.45) is 0.944. The first-order valence-electron chi connectivity index (χ1n) is 5.15. The van der Waals surface area contributed by atoms with Crippen molar-refractivity contribution in [3.63, 3.8) is 0 Å². The van der Waals surface area contributed by atoms with Crippen LogP contribution in [0.5, 0.6) is 5.75 Å². The molecule has 0 saturated heterocycles. The van der Waals surface area contributed by atoms with Crippen LogP contribution in [0.4, 0.5) is 5.69 Å². The van der Waals surface area contributed by atoms with Crippen LogP contribution in [0.1, 0.15) is 23.7 Å². The molecule has 1 N–H and O–H groups in total. The van der Waals surface area contributed by atoms with E-state index in [0.717, 1.165) is 18.7 Å². The van der Waals surface area contributed by atoms with Crippen molar-refractivity contribution in [2.75, 3.05) is 11.4 Å². The van der Waals surface area contributed by atoms with Crippen LogP contribution in [0, 0.1) is 0 Å². The zero-order chi connectivity index (χ0) is 11.7. The third-order valence-corrected chi connectivity index (χ3v) is 2.47. The molecule has 0 saturated carbocycles. The van der Waals surface area contributed by atoms with E-state index in [9.17, 15) is 4.79 Å². The average Bonchev–Trinajstić information content (AvgIpc) is 2.55. The minimum Gasteiger partial charge on any atom is -0.478 e. The smallest absolute Gasteiger partial charge is 0.335 e. The Labute approximate surface area is 93.8 Å². The zero-order valence-electron chi connectivity index (χ0n) is 9.06. The number of fused-ring (bicyclic) bond motifs is 1. The summed E-state index contributed by atoms with van der Waals surface area (Å²) in [5.41, 5.74) is 1.05. The molecule has 1 aromatic carbocycles.